The lowest BCUT2D eigenvalue weighted by molar-refractivity contribution is -0.242. The van der Waals surface area contributed by atoms with Gasteiger partial charge in [-0.3, -0.25) is 15.1 Å². The number of carbonyl (C=O) groups excluding carboxylic acids is 2. The van der Waals surface area contributed by atoms with E-state index in [0.717, 1.165) is 19.5 Å². The Kier molecular flexibility index (Phi) is 6.73. The number of pyridine rings is 1. The quantitative estimate of drug-likeness (QED) is 0.701. The van der Waals surface area contributed by atoms with Gasteiger partial charge in [0.15, 0.2) is 0 Å². The van der Waals surface area contributed by atoms with Crippen LogP contribution in [0.4, 0.5) is 29.3 Å². The molecule has 1 aliphatic rings. The molecule has 1 unspecified atom stereocenters. The standard InChI is InChI=1S/C18H24F3N3O4/c1-4-27-15(25)6-5-11-7-13-14(22-9-11)8-12(10-23-13)24-16(26)28-17(2,3)18(19,20)21/h8,10-11,22H,4-7,9H2,1-3H3,(H,24,26). The molecule has 0 saturated carbocycles. The van der Waals surface area contributed by atoms with Crippen molar-refractivity contribution in [2.24, 2.45) is 5.92 Å². The van der Waals surface area contributed by atoms with E-state index in [2.05, 4.69) is 20.4 Å². The number of halogens is 3. The van der Waals surface area contributed by atoms with Crippen LogP contribution in [-0.2, 0) is 20.7 Å². The van der Waals surface area contributed by atoms with E-state index < -0.39 is 17.9 Å². The third-order valence-corrected chi connectivity index (χ3v) is 4.37. The Balaban J connectivity index is 1.93. The molecule has 10 heteroatoms. The molecule has 1 aromatic heterocycles. The molecule has 1 atom stereocenters. The highest BCUT2D eigenvalue weighted by atomic mass is 19.4. The van der Waals surface area contributed by atoms with Crippen LogP contribution >= 0.6 is 0 Å². The predicted octanol–water partition coefficient (Wildman–Crippen LogP) is 3.90. The first-order valence-electron chi connectivity index (χ1n) is 8.97. The minimum Gasteiger partial charge on any atom is -0.466 e. The summed E-state index contributed by atoms with van der Waals surface area (Å²) in [5, 5.41) is 5.43. The van der Waals surface area contributed by atoms with Crippen molar-refractivity contribution < 1.29 is 32.2 Å². The molecular formula is C18H24F3N3O4. The van der Waals surface area contributed by atoms with Crippen LogP contribution in [0.1, 0.15) is 39.3 Å². The van der Waals surface area contributed by atoms with Gasteiger partial charge in [-0.05, 0) is 45.6 Å². The SMILES string of the molecule is CCOC(=O)CCC1CNc2cc(NC(=O)OC(C)(C)C(F)(F)F)cnc2C1. The minimum atomic E-state index is -4.68. The number of fused-ring (bicyclic) bond motifs is 1. The number of aromatic nitrogens is 1. The van der Waals surface area contributed by atoms with Gasteiger partial charge in [-0.25, -0.2) is 4.79 Å². The van der Waals surface area contributed by atoms with Crippen molar-refractivity contribution in [3.63, 3.8) is 0 Å². The molecule has 156 valence electrons. The average molecular weight is 403 g/mol. The first kappa shape index (κ1) is 21.8. The van der Waals surface area contributed by atoms with Gasteiger partial charge in [-0.1, -0.05) is 0 Å². The van der Waals surface area contributed by atoms with Crippen LogP contribution in [0, 0.1) is 5.92 Å². The van der Waals surface area contributed by atoms with E-state index in [1.807, 2.05) is 0 Å². The minimum absolute atomic E-state index is 0.209. The summed E-state index contributed by atoms with van der Waals surface area (Å²) >= 11 is 0. The Morgan fingerprint density at radius 2 is 2.07 bits per heavy atom. The van der Waals surface area contributed by atoms with Crippen LogP contribution in [0.3, 0.4) is 0 Å². The molecule has 0 spiro atoms. The molecule has 2 heterocycles. The molecule has 1 aromatic rings. The van der Waals surface area contributed by atoms with Crippen molar-refractivity contribution in [2.75, 3.05) is 23.8 Å². The number of alkyl halides is 3. The second-order valence-corrected chi connectivity index (χ2v) is 7.04. The largest absolute Gasteiger partial charge is 0.466 e. The molecular weight excluding hydrogens is 379 g/mol. The summed E-state index contributed by atoms with van der Waals surface area (Å²) in [6.45, 7) is 4.27. The number of carbonyl (C=O) groups is 2. The lowest BCUT2D eigenvalue weighted by Crippen LogP contribution is -2.44. The molecule has 1 aliphatic heterocycles. The molecule has 2 N–H and O–H groups in total. The molecule has 28 heavy (non-hydrogen) atoms. The second-order valence-electron chi connectivity index (χ2n) is 7.04. The number of hydrogen-bond donors (Lipinski definition) is 2. The van der Waals surface area contributed by atoms with Crippen molar-refractivity contribution in [3.05, 3.63) is 18.0 Å². The van der Waals surface area contributed by atoms with Crippen LogP contribution in [-0.4, -0.2) is 42.0 Å². The van der Waals surface area contributed by atoms with E-state index in [0.29, 0.717) is 38.1 Å². The zero-order valence-corrected chi connectivity index (χ0v) is 16.0. The van der Waals surface area contributed by atoms with Crippen LogP contribution in [0.2, 0.25) is 0 Å². The van der Waals surface area contributed by atoms with Gasteiger partial charge >= 0.3 is 18.2 Å². The number of rotatable bonds is 6. The molecule has 0 radical (unpaired) electrons. The van der Waals surface area contributed by atoms with Crippen molar-refractivity contribution >= 4 is 23.4 Å². The maximum atomic E-state index is 12.8. The van der Waals surface area contributed by atoms with Crippen LogP contribution in [0.15, 0.2) is 12.3 Å². The maximum Gasteiger partial charge on any atom is 0.427 e. The zero-order valence-electron chi connectivity index (χ0n) is 16.0. The number of anilines is 2. The zero-order chi connectivity index (χ0) is 20.9. The molecule has 0 bridgehead atoms. The average Bonchev–Trinajstić information content (AvgIpc) is 2.58. The number of nitrogens with zero attached hydrogens (tertiary/aromatic N) is 1. The van der Waals surface area contributed by atoms with Crippen LogP contribution < -0.4 is 10.6 Å². The Bertz CT molecular complexity index is 723. The molecule has 0 aromatic carbocycles. The monoisotopic (exact) mass is 403 g/mol. The Morgan fingerprint density at radius 1 is 1.36 bits per heavy atom. The topological polar surface area (TPSA) is 89.6 Å². The fourth-order valence-corrected chi connectivity index (χ4v) is 2.67. The highest BCUT2D eigenvalue weighted by Gasteiger charge is 2.51. The number of esters is 1. The van der Waals surface area contributed by atoms with E-state index in [-0.39, 0.29) is 17.6 Å². The Morgan fingerprint density at radius 3 is 2.71 bits per heavy atom. The lowest BCUT2D eigenvalue weighted by Gasteiger charge is -2.28. The number of hydrogen-bond acceptors (Lipinski definition) is 6. The third-order valence-electron chi connectivity index (χ3n) is 4.37. The maximum absolute atomic E-state index is 12.8. The smallest absolute Gasteiger partial charge is 0.427 e. The van der Waals surface area contributed by atoms with Gasteiger partial charge in [0.2, 0.25) is 5.60 Å². The van der Waals surface area contributed by atoms with Gasteiger partial charge in [0.05, 0.1) is 29.9 Å². The van der Waals surface area contributed by atoms with Crippen molar-refractivity contribution in [1.82, 2.24) is 4.98 Å². The van der Waals surface area contributed by atoms with E-state index >= 15 is 0 Å². The van der Waals surface area contributed by atoms with Gasteiger partial charge < -0.3 is 14.8 Å². The van der Waals surface area contributed by atoms with E-state index in [4.69, 9.17) is 4.74 Å². The summed E-state index contributed by atoms with van der Waals surface area (Å²) < 4.78 is 47.8. The van der Waals surface area contributed by atoms with Crippen molar-refractivity contribution in [3.8, 4) is 0 Å². The third kappa shape index (κ3) is 5.74. The first-order valence-corrected chi connectivity index (χ1v) is 8.97. The summed E-state index contributed by atoms with van der Waals surface area (Å²) in [5.74, 6) is -0.0261. The van der Waals surface area contributed by atoms with Crippen molar-refractivity contribution in [2.45, 2.75) is 51.8 Å². The molecule has 0 fully saturated rings. The molecule has 2 rings (SSSR count). The van der Waals surface area contributed by atoms with Gasteiger partial charge in [0.25, 0.3) is 0 Å². The van der Waals surface area contributed by atoms with Crippen molar-refractivity contribution in [1.29, 1.82) is 0 Å². The second kappa shape index (κ2) is 8.66. The van der Waals surface area contributed by atoms with Gasteiger partial charge in [-0.15, -0.1) is 0 Å². The fraction of sp³-hybridized carbons (Fsp3) is 0.611. The van der Waals surface area contributed by atoms with Gasteiger partial charge in [0.1, 0.15) is 0 Å². The van der Waals surface area contributed by atoms with Gasteiger partial charge in [-0.2, -0.15) is 13.2 Å². The first-order chi connectivity index (χ1) is 13.0. The van der Waals surface area contributed by atoms with E-state index in [1.165, 1.54) is 6.20 Å². The summed E-state index contributed by atoms with van der Waals surface area (Å²) in [7, 11) is 0. The number of ether oxygens (including phenoxy) is 2. The van der Waals surface area contributed by atoms with Gasteiger partial charge in [0, 0.05) is 13.0 Å². The molecule has 0 saturated heterocycles. The molecule has 7 nitrogen and oxygen atoms in total. The number of nitrogens with one attached hydrogen (secondary N) is 2. The molecule has 0 aliphatic carbocycles. The summed E-state index contributed by atoms with van der Waals surface area (Å²) in [6.07, 6.45) is -2.91. The summed E-state index contributed by atoms with van der Waals surface area (Å²) in [6, 6.07) is 1.59. The van der Waals surface area contributed by atoms with Crippen LogP contribution in [0.5, 0.6) is 0 Å². The molecule has 1 amide bonds. The van der Waals surface area contributed by atoms with E-state index in [9.17, 15) is 22.8 Å². The predicted molar refractivity (Wildman–Crippen MR) is 96.0 cm³/mol. The van der Waals surface area contributed by atoms with E-state index in [1.54, 1.807) is 13.0 Å². The lowest BCUT2D eigenvalue weighted by atomic mass is 9.93. The summed E-state index contributed by atoms with van der Waals surface area (Å²) in [4.78, 5) is 27.5. The van der Waals surface area contributed by atoms with Crippen LogP contribution in [0.25, 0.3) is 0 Å². The number of amides is 1. The summed E-state index contributed by atoms with van der Waals surface area (Å²) in [5.41, 5.74) is -0.947. The Labute approximate surface area is 161 Å². The highest BCUT2D eigenvalue weighted by molar-refractivity contribution is 5.85. The highest BCUT2D eigenvalue weighted by Crippen LogP contribution is 2.33. The Hall–Kier alpha value is -2.52. The fourth-order valence-electron chi connectivity index (χ4n) is 2.67. The normalized spacial score (nSPS) is 16.6.